The van der Waals surface area contributed by atoms with Gasteiger partial charge in [-0.25, -0.2) is 17.7 Å². The Labute approximate surface area is 129 Å². The van der Waals surface area contributed by atoms with Crippen LogP contribution in [0.25, 0.3) is 0 Å². The number of hydrogen-bond acceptors (Lipinski definition) is 4. The number of hydrogen-bond donors (Lipinski definition) is 1. The van der Waals surface area contributed by atoms with Crippen LogP contribution in [-0.2, 0) is 10.0 Å². The van der Waals surface area contributed by atoms with E-state index in [2.05, 4.69) is 10.3 Å². The van der Waals surface area contributed by atoms with Gasteiger partial charge in [-0.1, -0.05) is 17.7 Å². The molecule has 1 aromatic rings. The topological polar surface area (TPSA) is 79.4 Å². The second-order valence-electron chi connectivity index (χ2n) is 4.89. The highest BCUT2D eigenvalue weighted by atomic mass is 35.5. The average molecular weight is 332 g/mol. The Morgan fingerprint density at radius 2 is 2.10 bits per heavy atom. The van der Waals surface area contributed by atoms with E-state index in [0.29, 0.717) is 25.9 Å². The van der Waals surface area contributed by atoms with E-state index in [0.717, 1.165) is 0 Å². The first-order chi connectivity index (χ1) is 9.92. The fourth-order valence-corrected chi connectivity index (χ4v) is 3.55. The highest BCUT2D eigenvalue weighted by Crippen LogP contribution is 2.15. The summed E-state index contributed by atoms with van der Waals surface area (Å²) in [6, 6.07) is 4.83. The lowest BCUT2D eigenvalue weighted by atomic mass is 10.1. The molecule has 21 heavy (non-hydrogen) atoms. The number of amides is 1. The zero-order valence-corrected chi connectivity index (χ0v) is 13.3. The number of nitrogens with one attached hydrogen (secondary N) is 1. The van der Waals surface area contributed by atoms with Gasteiger partial charge in [0.15, 0.2) is 0 Å². The second-order valence-corrected chi connectivity index (χ2v) is 7.54. The summed E-state index contributed by atoms with van der Waals surface area (Å²) < 4.78 is 25.0. The lowest BCUT2D eigenvalue weighted by molar-refractivity contribution is 0.0919. The van der Waals surface area contributed by atoms with E-state index in [4.69, 9.17) is 11.6 Å². The molecule has 8 heteroatoms. The Kier molecular flexibility index (Phi) is 5.18. The zero-order valence-electron chi connectivity index (χ0n) is 11.8. The number of nitrogens with zero attached hydrogens (tertiary/aromatic N) is 2. The lowest BCUT2D eigenvalue weighted by Crippen LogP contribution is -2.47. The SMILES string of the molecule is CCS(=O)(=O)N1CCC(NC(=O)c2cccc(Cl)n2)CC1. The van der Waals surface area contributed by atoms with Gasteiger partial charge in [0, 0.05) is 19.1 Å². The Hall–Kier alpha value is -1.18. The van der Waals surface area contributed by atoms with Crippen LogP contribution in [0.2, 0.25) is 5.15 Å². The molecular formula is C13H18ClN3O3S. The van der Waals surface area contributed by atoms with E-state index in [1.54, 1.807) is 25.1 Å². The first-order valence-corrected chi connectivity index (χ1v) is 8.82. The normalized spacial score (nSPS) is 17.6. The zero-order chi connectivity index (χ0) is 15.5. The summed E-state index contributed by atoms with van der Waals surface area (Å²) in [5, 5.41) is 3.14. The number of rotatable bonds is 4. The first-order valence-electron chi connectivity index (χ1n) is 6.83. The second kappa shape index (κ2) is 6.72. The van der Waals surface area contributed by atoms with E-state index in [-0.39, 0.29) is 28.5 Å². The van der Waals surface area contributed by atoms with Crippen molar-refractivity contribution in [3.63, 3.8) is 0 Å². The third kappa shape index (κ3) is 4.15. The van der Waals surface area contributed by atoms with Crippen molar-refractivity contribution in [2.24, 2.45) is 0 Å². The molecule has 0 unspecified atom stereocenters. The molecule has 1 saturated heterocycles. The minimum absolute atomic E-state index is 0.0402. The van der Waals surface area contributed by atoms with Gasteiger partial charge in [0.1, 0.15) is 10.8 Å². The van der Waals surface area contributed by atoms with Crippen LogP contribution < -0.4 is 5.32 Å². The van der Waals surface area contributed by atoms with Gasteiger partial charge in [0.05, 0.1) is 5.75 Å². The number of carbonyl (C=O) groups excluding carboxylic acids is 1. The Bertz CT molecular complexity index is 613. The number of halogens is 1. The van der Waals surface area contributed by atoms with Gasteiger partial charge in [-0.05, 0) is 31.9 Å². The smallest absolute Gasteiger partial charge is 0.270 e. The molecule has 1 amide bonds. The van der Waals surface area contributed by atoms with Crippen molar-refractivity contribution < 1.29 is 13.2 Å². The third-order valence-electron chi connectivity index (χ3n) is 3.50. The van der Waals surface area contributed by atoms with Crippen molar-refractivity contribution in [3.05, 3.63) is 29.0 Å². The predicted molar refractivity (Wildman–Crippen MR) is 80.8 cm³/mol. The third-order valence-corrected chi connectivity index (χ3v) is 5.59. The van der Waals surface area contributed by atoms with E-state index in [1.807, 2.05) is 0 Å². The molecule has 116 valence electrons. The van der Waals surface area contributed by atoms with Gasteiger partial charge in [-0.15, -0.1) is 0 Å². The molecule has 1 N–H and O–H groups in total. The fourth-order valence-electron chi connectivity index (χ4n) is 2.25. The largest absolute Gasteiger partial charge is 0.348 e. The van der Waals surface area contributed by atoms with Crippen LogP contribution in [0.15, 0.2) is 18.2 Å². The van der Waals surface area contributed by atoms with Gasteiger partial charge in [-0.2, -0.15) is 0 Å². The Morgan fingerprint density at radius 1 is 1.43 bits per heavy atom. The number of sulfonamides is 1. The van der Waals surface area contributed by atoms with Gasteiger partial charge < -0.3 is 5.32 Å². The van der Waals surface area contributed by atoms with Gasteiger partial charge >= 0.3 is 0 Å². The van der Waals surface area contributed by atoms with E-state index in [1.165, 1.54) is 4.31 Å². The maximum Gasteiger partial charge on any atom is 0.270 e. The summed E-state index contributed by atoms with van der Waals surface area (Å²) in [6.45, 7) is 2.50. The summed E-state index contributed by atoms with van der Waals surface area (Å²) in [5.74, 6) is -0.175. The molecular weight excluding hydrogens is 314 g/mol. The highest BCUT2D eigenvalue weighted by Gasteiger charge is 2.27. The molecule has 0 aromatic carbocycles. The molecule has 0 atom stereocenters. The number of carbonyl (C=O) groups is 1. The molecule has 0 spiro atoms. The first kappa shape index (κ1) is 16.2. The Morgan fingerprint density at radius 3 is 2.67 bits per heavy atom. The van der Waals surface area contributed by atoms with Crippen LogP contribution in [-0.4, -0.2) is 48.5 Å². The molecule has 6 nitrogen and oxygen atoms in total. The van der Waals surface area contributed by atoms with Crippen LogP contribution in [0.4, 0.5) is 0 Å². The molecule has 1 aromatic heterocycles. The van der Waals surface area contributed by atoms with E-state index < -0.39 is 10.0 Å². The van der Waals surface area contributed by atoms with Crippen LogP contribution in [0.5, 0.6) is 0 Å². The van der Waals surface area contributed by atoms with Crippen molar-refractivity contribution in [1.29, 1.82) is 0 Å². The summed E-state index contributed by atoms with van der Waals surface area (Å²) >= 11 is 5.75. The van der Waals surface area contributed by atoms with Crippen molar-refractivity contribution in [3.8, 4) is 0 Å². The minimum Gasteiger partial charge on any atom is -0.348 e. The van der Waals surface area contributed by atoms with Gasteiger partial charge in [-0.3, -0.25) is 4.79 Å². The molecule has 0 bridgehead atoms. The summed E-state index contributed by atoms with van der Waals surface area (Å²) in [7, 11) is -3.14. The van der Waals surface area contributed by atoms with Crippen molar-refractivity contribution in [2.75, 3.05) is 18.8 Å². The molecule has 0 aliphatic carbocycles. The fraction of sp³-hybridized carbons (Fsp3) is 0.538. The molecule has 2 rings (SSSR count). The predicted octanol–water partition coefficient (Wildman–Crippen LogP) is 1.28. The van der Waals surface area contributed by atoms with Gasteiger partial charge in [0.25, 0.3) is 5.91 Å². The average Bonchev–Trinajstić information content (AvgIpc) is 2.48. The van der Waals surface area contributed by atoms with Crippen molar-refractivity contribution in [2.45, 2.75) is 25.8 Å². The maximum atomic E-state index is 12.0. The van der Waals surface area contributed by atoms with Crippen LogP contribution in [0.3, 0.4) is 0 Å². The number of aromatic nitrogens is 1. The van der Waals surface area contributed by atoms with E-state index >= 15 is 0 Å². The maximum absolute atomic E-state index is 12.0. The van der Waals surface area contributed by atoms with Crippen LogP contribution >= 0.6 is 11.6 Å². The van der Waals surface area contributed by atoms with Crippen LogP contribution in [0.1, 0.15) is 30.3 Å². The molecule has 1 fully saturated rings. The standard InChI is InChI=1S/C13H18ClN3O3S/c1-2-21(19,20)17-8-6-10(7-9-17)15-13(18)11-4-3-5-12(14)16-11/h3-5,10H,2,6-9H2,1H3,(H,15,18). The summed E-state index contributed by atoms with van der Waals surface area (Å²) in [5.41, 5.74) is 0.270. The van der Waals surface area contributed by atoms with Crippen molar-refractivity contribution >= 4 is 27.5 Å². The summed E-state index contributed by atoms with van der Waals surface area (Å²) in [6.07, 6.45) is 1.21. The number of piperidine rings is 1. The van der Waals surface area contributed by atoms with Gasteiger partial charge in [0.2, 0.25) is 10.0 Å². The van der Waals surface area contributed by atoms with E-state index in [9.17, 15) is 13.2 Å². The van der Waals surface area contributed by atoms with Crippen molar-refractivity contribution in [1.82, 2.24) is 14.6 Å². The monoisotopic (exact) mass is 331 g/mol. The number of pyridine rings is 1. The highest BCUT2D eigenvalue weighted by molar-refractivity contribution is 7.89. The molecule has 0 saturated carbocycles. The lowest BCUT2D eigenvalue weighted by Gasteiger charge is -2.31. The van der Waals surface area contributed by atoms with Crippen LogP contribution in [0, 0.1) is 0 Å². The Balaban J connectivity index is 1.91. The molecule has 1 aliphatic rings. The molecule has 0 radical (unpaired) electrons. The minimum atomic E-state index is -3.14. The molecule has 2 heterocycles. The summed E-state index contributed by atoms with van der Waals surface area (Å²) in [4.78, 5) is 16.0. The quantitative estimate of drug-likeness (QED) is 0.843. The molecule has 1 aliphatic heterocycles.